The van der Waals surface area contributed by atoms with Gasteiger partial charge >= 0.3 is 6.09 Å². The molecule has 0 radical (unpaired) electrons. The number of ether oxygens (including phenoxy) is 3. The number of carbonyl (C=O) groups excluding carboxylic acids is 2. The first kappa shape index (κ1) is 39.1. The van der Waals surface area contributed by atoms with E-state index < -0.39 is 29.8 Å². The first-order chi connectivity index (χ1) is 21.3. The molecule has 0 saturated carbocycles. The van der Waals surface area contributed by atoms with Crippen LogP contribution in [0, 0.1) is 17.8 Å². The van der Waals surface area contributed by atoms with E-state index in [0.717, 1.165) is 25.9 Å². The van der Waals surface area contributed by atoms with Gasteiger partial charge < -0.3 is 34.8 Å². The van der Waals surface area contributed by atoms with Crippen molar-refractivity contribution in [2.45, 2.75) is 117 Å². The Morgan fingerprint density at radius 2 is 1.78 bits per heavy atom. The van der Waals surface area contributed by atoms with Crippen molar-refractivity contribution in [2.24, 2.45) is 17.8 Å². The molecule has 1 amide bonds. The number of Topliss-reactive ketones (excluding diaryl/α,β-unsaturated/α-hetero) is 1. The summed E-state index contributed by atoms with van der Waals surface area (Å²) >= 11 is 0. The van der Waals surface area contributed by atoms with Crippen LogP contribution in [0.25, 0.3) is 0 Å². The van der Waals surface area contributed by atoms with E-state index in [1.807, 2.05) is 26.8 Å². The van der Waals surface area contributed by atoms with Crippen LogP contribution in [0.5, 0.6) is 0 Å². The number of morpholine rings is 1. The molecule has 2 saturated heterocycles. The molecule has 9 atom stereocenters. The number of ketones is 1. The number of aliphatic hydroxyl groups excluding tert-OH is 2. The van der Waals surface area contributed by atoms with Gasteiger partial charge in [0.25, 0.3) is 0 Å². The Balaban J connectivity index is 1.95. The summed E-state index contributed by atoms with van der Waals surface area (Å²) in [7, 11) is 0. The molecule has 9 unspecified atom stereocenters. The van der Waals surface area contributed by atoms with Gasteiger partial charge in [-0.1, -0.05) is 58.9 Å². The van der Waals surface area contributed by atoms with Crippen molar-refractivity contribution in [3.8, 4) is 0 Å². The second-order valence-corrected chi connectivity index (χ2v) is 13.1. The number of epoxide rings is 1. The lowest BCUT2D eigenvalue weighted by Gasteiger charge is -2.31. The van der Waals surface area contributed by atoms with Crippen LogP contribution in [0.1, 0.15) is 80.6 Å². The molecule has 2 heterocycles. The number of nitrogens with one attached hydrogen (secondary N) is 1. The number of carbonyl (C=O) groups is 2. The van der Waals surface area contributed by atoms with Crippen LogP contribution >= 0.6 is 0 Å². The van der Waals surface area contributed by atoms with E-state index in [1.54, 1.807) is 39.0 Å². The summed E-state index contributed by atoms with van der Waals surface area (Å²) in [6.45, 7) is 17.1. The lowest BCUT2D eigenvalue weighted by Crippen LogP contribution is -2.45. The zero-order valence-corrected chi connectivity index (χ0v) is 28.6. The molecule has 2 rings (SSSR count). The lowest BCUT2D eigenvalue weighted by atomic mass is 9.89. The molecule has 10 nitrogen and oxygen atoms in total. The molecule has 2 aliphatic heterocycles. The van der Waals surface area contributed by atoms with Crippen molar-refractivity contribution in [3.63, 3.8) is 0 Å². The Labute approximate surface area is 270 Å². The van der Waals surface area contributed by atoms with Crippen LogP contribution in [0.4, 0.5) is 4.79 Å². The molecular formula is C35H60N2O8. The maximum absolute atomic E-state index is 13.1. The molecule has 2 aliphatic rings. The fraction of sp³-hybridized carbons (Fsp3) is 0.771. The van der Waals surface area contributed by atoms with Crippen LogP contribution in [0.2, 0.25) is 0 Å². The van der Waals surface area contributed by atoms with E-state index in [4.69, 9.17) is 14.2 Å². The first-order valence-electron chi connectivity index (χ1n) is 16.8. The van der Waals surface area contributed by atoms with Crippen molar-refractivity contribution < 1.29 is 39.1 Å². The maximum atomic E-state index is 13.1. The van der Waals surface area contributed by atoms with Gasteiger partial charge in [-0.3, -0.25) is 9.69 Å². The van der Waals surface area contributed by atoms with E-state index in [9.17, 15) is 24.9 Å². The molecule has 0 aromatic heterocycles. The van der Waals surface area contributed by atoms with Crippen LogP contribution in [-0.2, 0) is 19.0 Å². The highest BCUT2D eigenvalue weighted by Crippen LogP contribution is 2.36. The van der Waals surface area contributed by atoms with Crippen molar-refractivity contribution in [3.05, 3.63) is 36.0 Å². The van der Waals surface area contributed by atoms with Crippen molar-refractivity contribution >= 4 is 11.9 Å². The van der Waals surface area contributed by atoms with E-state index >= 15 is 0 Å². The minimum absolute atomic E-state index is 0.0775. The van der Waals surface area contributed by atoms with E-state index in [-0.39, 0.29) is 42.4 Å². The van der Waals surface area contributed by atoms with Gasteiger partial charge in [-0.25, -0.2) is 4.79 Å². The van der Waals surface area contributed by atoms with Crippen molar-refractivity contribution in [2.75, 3.05) is 39.4 Å². The molecular weight excluding hydrogens is 576 g/mol. The van der Waals surface area contributed by atoms with Gasteiger partial charge in [0, 0.05) is 38.0 Å². The minimum atomic E-state index is -1.45. The highest BCUT2D eigenvalue weighted by Gasteiger charge is 2.45. The number of hydrogen-bond acceptors (Lipinski definition) is 9. The Morgan fingerprint density at radius 1 is 1.09 bits per heavy atom. The number of nitrogens with zero attached hydrogens (tertiary/aromatic N) is 1. The van der Waals surface area contributed by atoms with Crippen LogP contribution < -0.4 is 5.32 Å². The van der Waals surface area contributed by atoms with Crippen LogP contribution in [-0.4, -0.2) is 108 Å². The monoisotopic (exact) mass is 636 g/mol. The summed E-state index contributed by atoms with van der Waals surface area (Å²) in [4.78, 5) is 28.0. The molecule has 0 spiro atoms. The highest BCUT2D eigenvalue weighted by molar-refractivity contribution is 5.97. The SMILES string of the molecule is CCC(O)CCC(C)(O)C(/C=C/C(C)C(=O)/C(C)=C/C=C/C(C)CC1OC1C(C)C(O)CC)OC(=O)NCCN1CCOCC1. The Kier molecular flexibility index (Phi) is 17.0. The highest BCUT2D eigenvalue weighted by atomic mass is 16.6. The van der Waals surface area contributed by atoms with Gasteiger partial charge in [0.2, 0.25) is 0 Å². The molecule has 0 bridgehead atoms. The lowest BCUT2D eigenvalue weighted by molar-refractivity contribution is -0.117. The number of alkyl carbamates (subject to hydrolysis) is 1. The molecule has 10 heteroatoms. The van der Waals surface area contributed by atoms with E-state index in [2.05, 4.69) is 23.2 Å². The molecule has 45 heavy (non-hydrogen) atoms. The zero-order valence-electron chi connectivity index (χ0n) is 28.6. The second-order valence-electron chi connectivity index (χ2n) is 13.1. The average molecular weight is 637 g/mol. The molecule has 0 aromatic carbocycles. The third kappa shape index (κ3) is 14.1. The number of aliphatic hydroxyl groups is 3. The van der Waals surface area contributed by atoms with Crippen molar-refractivity contribution in [1.29, 1.82) is 0 Å². The number of hydrogen-bond donors (Lipinski definition) is 4. The third-order valence-electron chi connectivity index (χ3n) is 9.03. The molecule has 2 fully saturated rings. The fourth-order valence-electron chi connectivity index (χ4n) is 5.51. The summed E-state index contributed by atoms with van der Waals surface area (Å²) in [5.41, 5.74) is -0.857. The molecule has 0 aromatic rings. The Hall–Kier alpha value is -2.08. The van der Waals surface area contributed by atoms with Gasteiger partial charge in [-0.2, -0.15) is 0 Å². The fourth-order valence-corrected chi connectivity index (χ4v) is 5.51. The Bertz CT molecular complexity index is 990. The second kappa shape index (κ2) is 19.6. The van der Waals surface area contributed by atoms with Crippen LogP contribution in [0.3, 0.4) is 0 Å². The summed E-state index contributed by atoms with van der Waals surface area (Å²) in [6, 6.07) is 0. The summed E-state index contributed by atoms with van der Waals surface area (Å²) < 4.78 is 16.8. The summed E-state index contributed by atoms with van der Waals surface area (Å²) in [5.74, 6) is -0.205. The topological polar surface area (TPSA) is 141 Å². The smallest absolute Gasteiger partial charge is 0.407 e. The normalized spacial score (nSPS) is 24.9. The van der Waals surface area contributed by atoms with Gasteiger partial charge in [0.05, 0.1) is 37.6 Å². The summed E-state index contributed by atoms with van der Waals surface area (Å²) in [6.07, 6.45) is 9.39. The maximum Gasteiger partial charge on any atom is 0.407 e. The van der Waals surface area contributed by atoms with Gasteiger partial charge in [-0.15, -0.1) is 0 Å². The standard InChI is InChI=1S/C35H60N2O8/c1-8-28(38)15-16-35(7,42)31(45-34(41)36-17-18-37-19-21-43-22-20-37)14-13-26(5)32(40)25(4)12-10-11-24(3)23-30-33(44-30)27(6)29(39)9-2/h10-14,24,26-31,33,38-39,42H,8-9,15-23H2,1-7H3,(H,36,41)/b11-10+,14-13+,25-12+. The third-order valence-corrected chi connectivity index (χ3v) is 9.03. The summed E-state index contributed by atoms with van der Waals surface area (Å²) in [5, 5.41) is 34.1. The van der Waals surface area contributed by atoms with Gasteiger partial charge in [0.15, 0.2) is 11.9 Å². The number of allylic oxidation sites excluding steroid dienone is 5. The largest absolute Gasteiger partial charge is 0.439 e. The predicted molar refractivity (Wildman–Crippen MR) is 176 cm³/mol. The molecule has 258 valence electrons. The number of rotatable bonds is 20. The number of amides is 1. The predicted octanol–water partition coefficient (Wildman–Crippen LogP) is 4.18. The van der Waals surface area contributed by atoms with E-state index in [1.165, 1.54) is 0 Å². The van der Waals surface area contributed by atoms with Crippen LogP contribution in [0.15, 0.2) is 36.0 Å². The van der Waals surface area contributed by atoms with E-state index in [0.29, 0.717) is 44.7 Å². The molecule has 0 aliphatic carbocycles. The van der Waals surface area contributed by atoms with Gasteiger partial charge in [-0.05, 0) is 63.5 Å². The minimum Gasteiger partial charge on any atom is -0.439 e. The van der Waals surface area contributed by atoms with Crippen molar-refractivity contribution in [1.82, 2.24) is 10.2 Å². The first-order valence-corrected chi connectivity index (χ1v) is 16.8. The molecule has 4 N–H and O–H groups in total. The average Bonchev–Trinajstić information content (AvgIpc) is 3.79. The van der Waals surface area contributed by atoms with Gasteiger partial charge in [0.1, 0.15) is 5.60 Å². The zero-order chi connectivity index (χ0) is 33.6. The Morgan fingerprint density at radius 3 is 2.42 bits per heavy atom. The quantitative estimate of drug-likeness (QED) is 0.0670.